The standard InChI is InChI=1S/C45H27N3S2.C44H26N2S2.C39H23N3O2/c1-3-11-28(12-4-1)32-23-33(29-13-5-2-6-14-29)25-34(24-32)45-47-43(30-19-21-37-35-15-7-9-17-39(35)49-41(37)26-30)46-44(48-45)31-20-22-38-36-16-8-10-18-40(36)50-42(38)27-31;1-2-9-28-22-30(17-16-27(28)8-1)29-10-7-11-31(23-29)38-26-39(32-18-20-36-34-12-3-5-14-40(34)47-42(36)24-32)46-44(45-38)33-19-21-37-35-13-4-6-15-41(35)48-43(37)25-33;1-2-8-24(9-3-1)25-14-16-26(17-15-25)37-40-38(27-18-20-31-29-10-4-6-12-33(29)43-35(31)22-27)42-39(41-37)28-19-21-32-30-11-5-7-13-34(30)44-36(32)23-28/h1-27H;1-26H;1-23H. The lowest BCUT2D eigenvalue weighted by atomic mass is 9.96. The summed E-state index contributed by atoms with van der Waals surface area (Å²) in [6.07, 6.45) is 0. The molecule has 20 aromatic carbocycles. The lowest BCUT2D eigenvalue weighted by molar-refractivity contribution is 0.668. The molecule has 9 aromatic heterocycles. The van der Waals surface area contributed by atoms with E-state index < -0.39 is 0 Å². The molecule has 0 bridgehead atoms. The maximum atomic E-state index is 6.19. The van der Waals surface area contributed by atoms with Gasteiger partial charge in [0.2, 0.25) is 0 Å². The highest BCUT2D eigenvalue weighted by atomic mass is 32.1. The first-order valence-corrected chi connectivity index (χ1v) is 50.4. The van der Waals surface area contributed by atoms with Gasteiger partial charge >= 0.3 is 0 Å². The zero-order chi connectivity index (χ0) is 93.7. The number of hydrogen-bond acceptors (Lipinski definition) is 14. The molecule has 10 nitrogen and oxygen atoms in total. The van der Waals surface area contributed by atoms with E-state index >= 15 is 0 Å². The number of nitrogens with zero attached hydrogens (tertiary/aromatic N) is 8. The van der Waals surface area contributed by atoms with Crippen molar-refractivity contribution in [1.29, 1.82) is 0 Å². The van der Waals surface area contributed by atoms with E-state index in [4.69, 9.17) is 48.7 Å². The Bertz CT molecular complexity index is 9590. The van der Waals surface area contributed by atoms with Gasteiger partial charge in [-0.05, 0) is 177 Å². The summed E-state index contributed by atoms with van der Waals surface area (Å²) in [6.45, 7) is 0. The van der Waals surface area contributed by atoms with Crippen molar-refractivity contribution < 1.29 is 8.83 Å². The summed E-state index contributed by atoms with van der Waals surface area (Å²) in [5, 5.41) is 17.0. The van der Waals surface area contributed by atoms with E-state index in [0.717, 1.165) is 145 Å². The highest BCUT2D eigenvalue weighted by Crippen LogP contribution is 2.46. The second-order valence-corrected chi connectivity index (χ2v) is 39.9. The summed E-state index contributed by atoms with van der Waals surface area (Å²) in [5.74, 6) is 4.44. The number of aromatic nitrogens is 8. The van der Waals surface area contributed by atoms with Crippen LogP contribution < -0.4 is 0 Å². The molecule has 0 unspecified atom stereocenters. The molecule has 0 saturated carbocycles. The molecule has 0 radical (unpaired) electrons. The third-order valence-electron chi connectivity index (χ3n) is 26.8. The molecule has 0 spiro atoms. The van der Waals surface area contributed by atoms with Gasteiger partial charge in [-0.3, -0.25) is 0 Å². The summed E-state index contributed by atoms with van der Waals surface area (Å²) in [4.78, 5) is 41.0. The van der Waals surface area contributed by atoms with E-state index in [0.29, 0.717) is 34.9 Å². The first-order chi connectivity index (χ1) is 70.2. The molecule has 0 fully saturated rings. The van der Waals surface area contributed by atoms with Crippen LogP contribution in [0.25, 0.3) is 282 Å². The molecule has 29 aromatic rings. The molecule has 0 aliphatic carbocycles. The topological polar surface area (TPSA) is 129 Å². The fraction of sp³-hybridized carbons (Fsp3) is 0. The van der Waals surface area contributed by atoms with Crippen LogP contribution in [0, 0.1) is 0 Å². The third kappa shape index (κ3) is 15.7. The van der Waals surface area contributed by atoms with Crippen LogP contribution in [0.1, 0.15) is 0 Å². The smallest absolute Gasteiger partial charge is 0.164 e. The van der Waals surface area contributed by atoms with E-state index in [2.05, 4.69) is 382 Å². The zero-order valence-corrected chi connectivity index (χ0v) is 79.2. The minimum atomic E-state index is 0.573. The number of rotatable bonds is 13. The molecule has 29 rings (SSSR count). The van der Waals surface area contributed by atoms with Crippen molar-refractivity contribution in [3.05, 3.63) is 461 Å². The van der Waals surface area contributed by atoms with Gasteiger partial charge in [-0.25, -0.2) is 39.9 Å². The summed E-state index contributed by atoms with van der Waals surface area (Å²) in [6, 6.07) is 162. The van der Waals surface area contributed by atoms with E-state index in [9.17, 15) is 0 Å². The average Bonchev–Trinajstić information content (AvgIpc) is 1.52. The number of fused-ring (bicyclic) bond motifs is 19. The van der Waals surface area contributed by atoms with Gasteiger partial charge in [-0.1, -0.05) is 340 Å². The van der Waals surface area contributed by atoms with Gasteiger partial charge in [-0.2, -0.15) is 0 Å². The Balaban J connectivity index is 0.000000107. The largest absolute Gasteiger partial charge is 0.456 e. The molecule has 0 aliphatic heterocycles. The van der Waals surface area contributed by atoms with Crippen LogP contribution in [-0.4, -0.2) is 39.9 Å². The minimum absolute atomic E-state index is 0.573. The van der Waals surface area contributed by atoms with E-state index in [1.165, 1.54) is 103 Å². The summed E-state index contributed by atoms with van der Waals surface area (Å²) in [5.41, 5.74) is 23.0. The van der Waals surface area contributed by atoms with Crippen LogP contribution in [0.5, 0.6) is 0 Å². The van der Waals surface area contributed by atoms with Crippen LogP contribution in [0.3, 0.4) is 0 Å². The monoisotopic (exact) mass is 1880 g/mol. The van der Waals surface area contributed by atoms with Crippen molar-refractivity contribution in [2.24, 2.45) is 0 Å². The van der Waals surface area contributed by atoms with Crippen LogP contribution in [0.15, 0.2) is 470 Å². The molecule has 664 valence electrons. The highest BCUT2D eigenvalue weighted by Gasteiger charge is 2.23. The Morgan fingerprint density at radius 2 is 0.387 bits per heavy atom. The van der Waals surface area contributed by atoms with Gasteiger partial charge in [0.05, 0.1) is 11.4 Å². The Hall–Kier alpha value is -17.8. The van der Waals surface area contributed by atoms with Crippen LogP contribution in [0.2, 0.25) is 0 Å². The SMILES string of the molecule is c1cc(-c2ccc3ccccc3c2)cc(-c2cc(-c3ccc4c(c3)sc3ccccc34)nc(-c3ccc4c(c3)sc3ccccc34)n2)c1.c1ccc(-c2cc(-c3ccccc3)cc(-c3nc(-c4ccc5c(c4)sc4ccccc45)nc(-c4ccc5c(c4)sc4ccccc45)n3)c2)cc1.c1ccc(-c2ccc(-c3nc(-c4ccc5c(c4)oc4ccccc45)nc(-c4ccc5c(c4)oc4ccccc45)n3)cc2)cc1. The molecule has 142 heavy (non-hydrogen) atoms. The van der Waals surface area contributed by atoms with Crippen LogP contribution in [0.4, 0.5) is 0 Å². The maximum absolute atomic E-state index is 6.19. The van der Waals surface area contributed by atoms with Crippen LogP contribution in [-0.2, 0) is 0 Å². The molecular formula is C128H76N8O2S4. The molecule has 9 heterocycles. The maximum Gasteiger partial charge on any atom is 0.164 e. The number of hydrogen-bond donors (Lipinski definition) is 0. The normalized spacial score (nSPS) is 11.7. The lowest BCUT2D eigenvalue weighted by Gasteiger charge is -2.12. The van der Waals surface area contributed by atoms with Gasteiger partial charge in [0.15, 0.2) is 40.8 Å². The second-order valence-electron chi connectivity index (χ2n) is 35.5. The highest BCUT2D eigenvalue weighted by molar-refractivity contribution is 7.27. The Kier molecular flexibility index (Phi) is 20.8. The van der Waals surface area contributed by atoms with E-state index in [1.54, 1.807) is 22.7 Å². The Morgan fingerprint density at radius 3 is 0.831 bits per heavy atom. The fourth-order valence-corrected chi connectivity index (χ4v) is 24.2. The number of thiophene rings is 4. The number of benzene rings is 20. The van der Waals surface area contributed by atoms with Gasteiger partial charge in [0, 0.05) is 152 Å². The predicted octanol–water partition coefficient (Wildman–Crippen LogP) is 36.3. The quantitative estimate of drug-likeness (QED) is 0.110. The van der Waals surface area contributed by atoms with E-state index in [-0.39, 0.29) is 0 Å². The molecule has 0 amide bonds. The lowest BCUT2D eigenvalue weighted by Crippen LogP contribution is -2.00. The summed E-state index contributed by atoms with van der Waals surface area (Å²) < 4.78 is 22.5. The minimum Gasteiger partial charge on any atom is -0.456 e. The van der Waals surface area contributed by atoms with Crippen molar-refractivity contribution in [3.8, 4) is 147 Å². The number of para-hydroxylation sites is 2. The summed E-state index contributed by atoms with van der Waals surface area (Å²) >= 11 is 7.26. The molecule has 0 N–H and O–H groups in total. The average molecular weight is 1890 g/mol. The molecule has 0 saturated heterocycles. The van der Waals surface area contributed by atoms with Crippen molar-refractivity contribution in [2.75, 3.05) is 0 Å². The summed E-state index contributed by atoms with van der Waals surface area (Å²) in [7, 11) is 0. The fourth-order valence-electron chi connectivity index (χ4n) is 19.6. The van der Waals surface area contributed by atoms with Gasteiger partial charge in [-0.15, -0.1) is 45.3 Å². The Labute approximate surface area is 830 Å². The molecular weight excluding hydrogens is 1810 g/mol. The molecule has 14 heteroatoms. The van der Waals surface area contributed by atoms with Crippen LogP contribution >= 0.6 is 45.3 Å². The second kappa shape index (κ2) is 35.4. The molecule has 0 atom stereocenters. The van der Waals surface area contributed by atoms with Gasteiger partial charge in [0.1, 0.15) is 22.3 Å². The third-order valence-corrected chi connectivity index (χ3v) is 31.3. The van der Waals surface area contributed by atoms with Crippen molar-refractivity contribution >= 4 is 181 Å². The van der Waals surface area contributed by atoms with Gasteiger partial charge < -0.3 is 8.83 Å². The van der Waals surface area contributed by atoms with Crippen molar-refractivity contribution in [1.82, 2.24) is 39.9 Å². The predicted molar refractivity (Wildman–Crippen MR) is 596 cm³/mol. The first kappa shape index (κ1) is 83.6. The van der Waals surface area contributed by atoms with Crippen molar-refractivity contribution in [2.45, 2.75) is 0 Å². The van der Waals surface area contributed by atoms with E-state index in [1.807, 2.05) is 102 Å². The zero-order valence-electron chi connectivity index (χ0n) is 75.9. The number of furan rings is 2. The Morgan fingerprint density at radius 1 is 0.127 bits per heavy atom. The van der Waals surface area contributed by atoms with Gasteiger partial charge in [0.25, 0.3) is 0 Å². The first-order valence-electron chi connectivity index (χ1n) is 47.2. The molecule has 0 aliphatic rings. The van der Waals surface area contributed by atoms with Crippen molar-refractivity contribution in [3.63, 3.8) is 0 Å².